The third kappa shape index (κ3) is 5.54. The summed E-state index contributed by atoms with van der Waals surface area (Å²) in [5.74, 6) is 0.0782. The van der Waals surface area contributed by atoms with Gasteiger partial charge >= 0.3 is 0 Å². The minimum absolute atomic E-state index is 0.0782. The summed E-state index contributed by atoms with van der Waals surface area (Å²) in [4.78, 5) is 19.0. The Morgan fingerprint density at radius 3 is 1.97 bits per heavy atom. The molecule has 1 aromatic heterocycles. The third-order valence-electron chi connectivity index (χ3n) is 5.36. The fraction of sp³-hybridized carbons (Fsp3) is 0.292. The molecule has 4 rings (SSSR count). The lowest BCUT2D eigenvalue weighted by molar-refractivity contribution is -0.123. The summed E-state index contributed by atoms with van der Waals surface area (Å²) < 4.78 is 0. The lowest BCUT2D eigenvalue weighted by Crippen LogP contribution is -2.49. The average Bonchev–Trinajstić information content (AvgIpc) is 3.28. The molecule has 3 aromatic rings. The zero-order chi connectivity index (χ0) is 19.9. The van der Waals surface area contributed by atoms with Crippen LogP contribution in [0.3, 0.4) is 0 Å². The maximum Gasteiger partial charge on any atom is 0.234 e. The molecule has 0 unspecified atom stereocenters. The molecule has 5 heteroatoms. The highest BCUT2D eigenvalue weighted by Gasteiger charge is 2.22. The van der Waals surface area contributed by atoms with Gasteiger partial charge in [0, 0.05) is 37.6 Å². The topological polar surface area (TPSA) is 35.6 Å². The summed E-state index contributed by atoms with van der Waals surface area (Å²) in [7, 11) is 0. The molecule has 1 fully saturated rings. The molecule has 0 radical (unpaired) electrons. The number of rotatable bonds is 7. The number of nitrogens with one attached hydrogen (secondary N) is 1. The first-order valence-corrected chi connectivity index (χ1v) is 11.0. The lowest BCUT2D eigenvalue weighted by atomic mass is 9.99. The second-order valence-corrected chi connectivity index (χ2v) is 8.49. The summed E-state index contributed by atoms with van der Waals surface area (Å²) in [5.41, 5.74) is 2.21. The molecule has 4 nitrogen and oxygen atoms in total. The normalized spacial score (nSPS) is 15.5. The number of thiophene rings is 1. The molecule has 2 aromatic carbocycles. The van der Waals surface area contributed by atoms with E-state index in [1.54, 1.807) is 0 Å². The molecule has 0 bridgehead atoms. The van der Waals surface area contributed by atoms with Gasteiger partial charge in [-0.05, 0) is 22.6 Å². The molecule has 2 heterocycles. The molecule has 0 saturated carbocycles. The molecule has 150 valence electrons. The van der Waals surface area contributed by atoms with Crippen LogP contribution in [-0.4, -0.2) is 48.4 Å². The zero-order valence-electron chi connectivity index (χ0n) is 16.5. The number of nitrogens with zero attached hydrogens (tertiary/aromatic N) is 2. The van der Waals surface area contributed by atoms with Crippen molar-refractivity contribution in [3.63, 3.8) is 0 Å². The molecule has 0 atom stereocenters. The van der Waals surface area contributed by atoms with E-state index in [0.29, 0.717) is 6.54 Å². The van der Waals surface area contributed by atoms with Gasteiger partial charge in [-0.3, -0.25) is 14.6 Å². The summed E-state index contributed by atoms with van der Waals surface area (Å²) in [6.07, 6.45) is 0. The Morgan fingerprint density at radius 2 is 1.41 bits per heavy atom. The highest BCUT2D eigenvalue weighted by atomic mass is 32.1. The van der Waals surface area contributed by atoms with Gasteiger partial charge in [-0.2, -0.15) is 0 Å². The molecule has 1 aliphatic rings. The maximum absolute atomic E-state index is 12.8. The monoisotopic (exact) mass is 405 g/mol. The summed E-state index contributed by atoms with van der Waals surface area (Å²) in [6, 6.07) is 24.5. The molecule has 0 aliphatic carbocycles. The third-order valence-corrected chi connectivity index (χ3v) is 6.22. The van der Waals surface area contributed by atoms with Gasteiger partial charge in [0.2, 0.25) is 5.91 Å². The largest absolute Gasteiger partial charge is 0.344 e. The Balaban J connectivity index is 1.33. The zero-order valence-corrected chi connectivity index (χ0v) is 17.4. The summed E-state index contributed by atoms with van der Waals surface area (Å²) in [5, 5.41) is 5.38. The Bertz CT molecular complexity index is 836. The molecule has 29 heavy (non-hydrogen) atoms. The van der Waals surface area contributed by atoms with Crippen LogP contribution < -0.4 is 5.32 Å². The van der Waals surface area contributed by atoms with E-state index in [-0.39, 0.29) is 11.9 Å². The minimum atomic E-state index is -0.120. The van der Waals surface area contributed by atoms with Gasteiger partial charge in [-0.1, -0.05) is 66.7 Å². The molecule has 0 spiro atoms. The summed E-state index contributed by atoms with van der Waals surface area (Å²) in [6.45, 7) is 5.34. The van der Waals surface area contributed by atoms with Crippen LogP contribution in [0.1, 0.15) is 22.0 Å². The molecule has 1 aliphatic heterocycles. The van der Waals surface area contributed by atoms with Crippen molar-refractivity contribution in [1.82, 2.24) is 15.1 Å². The SMILES string of the molecule is O=C(CN1CCN(Cc2cccs2)CC1)NC(c1ccccc1)c1ccccc1. The summed E-state index contributed by atoms with van der Waals surface area (Å²) >= 11 is 1.81. The van der Waals surface area contributed by atoms with E-state index in [4.69, 9.17) is 0 Å². The van der Waals surface area contributed by atoms with Crippen molar-refractivity contribution >= 4 is 17.2 Å². The van der Waals surface area contributed by atoms with Gasteiger partial charge in [0.25, 0.3) is 0 Å². The van der Waals surface area contributed by atoms with E-state index in [2.05, 4.69) is 56.9 Å². The maximum atomic E-state index is 12.8. The van der Waals surface area contributed by atoms with Crippen LogP contribution in [0.4, 0.5) is 0 Å². The van der Waals surface area contributed by atoms with E-state index in [0.717, 1.165) is 43.9 Å². The van der Waals surface area contributed by atoms with Crippen molar-refractivity contribution in [2.24, 2.45) is 0 Å². The highest BCUT2D eigenvalue weighted by Crippen LogP contribution is 2.21. The fourth-order valence-electron chi connectivity index (χ4n) is 3.79. The highest BCUT2D eigenvalue weighted by molar-refractivity contribution is 7.09. The van der Waals surface area contributed by atoms with Crippen molar-refractivity contribution in [2.45, 2.75) is 12.6 Å². The van der Waals surface area contributed by atoms with E-state index in [9.17, 15) is 4.79 Å². The smallest absolute Gasteiger partial charge is 0.234 e. The Labute approximate surface area is 176 Å². The van der Waals surface area contributed by atoms with Crippen molar-refractivity contribution in [3.05, 3.63) is 94.2 Å². The fourth-order valence-corrected chi connectivity index (χ4v) is 4.53. The van der Waals surface area contributed by atoms with E-state index in [1.807, 2.05) is 47.7 Å². The lowest BCUT2D eigenvalue weighted by Gasteiger charge is -2.34. The van der Waals surface area contributed by atoms with Crippen molar-refractivity contribution in [2.75, 3.05) is 32.7 Å². The number of hydrogen-bond donors (Lipinski definition) is 1. The Morgan fingerprint density at radius 1 is 0.828 bits per heavy atom. The number of amides is 1. The van der Waals surface area contributed by atoms with Gasteiger partial charge in [0.1, 0.15) is 0 Å². The molecule has 1 amide bonds. The second kappa shape index (κ2) is 9.83. The van der Waals surface area contributed by atoms with Gasteiger partial charge in [-0.25, -0.2) is 0 Å². The van der Waals surface area contributed by atoms with E-state index in [1.165, 1.54) is 4.88 Å². The van der Waals surface area contributed by atoms with Crippen molar-refractivity contribution in [1.29, 1.82) is 0 Å². The molecular formula is C24H27N3OS. The minimum Gasteiger partial charge on any atom is -0.344 e. The van der Waals surface area contributed by atoms with Crippen molar-refractivity contribution in [3.8, 4) is 0 Å². The van der Waals surface area contributed by atoms with Crippen LogP contribution in [-0.2, 0) is 11.3 Å². The Kier molecular flexibility index (Phi) is 6.72. The number of hydrogen-bond acceptors (Lipinski definition) is 4. The van der Waals surface area contributed by atoms with Crippen LogP contribution >= 0.6 is 11.3 Å². The van der Waals surface area contributed by atoms with Crippen molar-refractivity contribution < 1.29 is 4.79 Å². The quantitative estimate of drug-likeness (QED) is 0.650. The van der Waals surface area contributed by atoms with Crippen LogP contribution in [0.2, 0.25) is 0 Å². The second-order valence-electron chi connectivity index (χ2n) is 7.45. The van der Waals surface area contributed by atoms with Crippen LogP contribution in [0.5, 0.6) is 0 Å². The first kappa shape index (κ1) is 19.8. The van der Waals surface area contributed by atoms with Crippen LogP contribution in [0, 0.1) is 0 Å². The number of piperazine rings is 1. The predicted octanol–water partition coefficient (Wildman–Crippen LogP) is 3.77. The number of carbonyl (C=O) groups is 1. The first-order chi connectivity index (χ1) is 14.3. The standard InChI is InChI=1S/C24H27N3OS/c28-23(19-27-15-13-26(14-16-27)18-22-12-7-17-29-22)25-24(20-8-3-1-4-9-20)21-10-5-2-6-11-21/h1-12,17,24H,13-16,18-19H2,(H,25,28). The Hall–Kier alpha value is -2.47. The number of benzene rings is 2. The predicted molar refractivity (Wildman–Crippen MR) is 119 cm³/mol. The van der Waals surface area contributed by atoms with Gasteiger partial charge in [0.15, 0.2) is 0 Å². The van der Waals surface area contributed by atoms with E-state index < -0.39 is 0 Å². The molecular weight excluding hydrogens is 378 g/mol. The number of carbonyl (C=O) groups excluding carboxylic acids is 1. The van der Waals surface area contributed by atoms with Gasteiger partial charge < -0.3 is 5.32 Å². The average molecular weight is 406 g/mol. The molecule has 1 saturated heterocycles. The van der Waals surface area contributed by atoms with Gasteiger partial charge in [0.05, 0.1) is 12.6 Å². The van der Waals surface area contributed by atoms with E-state index >= 15 is 0 Å². The molecule has 1 N–H and O–H groups in total. The van der Waals surface area contributed by atoms with Crippen LogP contribution in [0.15, 0.2) is 78.2 Å². The van der Waals surface area contributed by atoms with Crippen LogP contribution in [0.25, 0.3) is 0 Å². The first-order valence-electron chi connectivity index (χ1n) is 10.1. The van der Waals surface area contributed by atoms with Gasteiger partial charge in [-0.15, -0.1) is 11.3 Å².